The Balaban J connectivity index is 1.52. The van der Waals surface area contributed by atoms with Crippen molar-refractivity contribution < 1.29 is 17.7 Å². The van der Waals surface area contributed by atoms with Gasteiger partial charge in [-0.1, -0.05) is 12.1 Å². The first-order valence-corrected chi connectivity index (χ1v) is 11.0. The first-order valence-electron chi connectivity index (χ1n) is 9.59. The predicted molar refractivity (Wildman–Crippen MR) is 107 cm³/mol. The Bertz CT molecular complexity index is 1150. The molecule has 0 N–H and O–H groups in total. The van der Waals surface area contributed by atoms with Gasteiger partial charge in [-0.15, -0.1) is 0 Å². The SMILES string of the molecule is CCc1cc(C(=O)N2CCN(S(=O)(=O)c3cn(C)nc3-c3cccnc3)CC2)no1. The maximum absolute atomic E-state index is 13.3. The van der Waals surface area contributed by atoms with Crippen molar-refractivity contribution >= 4 is 15.9 Å². The molecule has 0 radical (unpaired) electrons. The number of pyridine rings is 1. The van der Waals surface area contributed by atoms with Crippen molar-refractivity contribution in [2.75, 3.05) is 26.2 Å². The minimum Gasteiger partial charge on any atom is -0.361 e. The summed E-state index contributed by atoms with van der Waals surface area (Å²) in [6.07, 6.45) is 5.35. The zero-order valence-corrected chi connectivity index (χ0v) is 17.5. The molecule has 0 aromatic carbocycles. The zero-order valence-electron chi connectivity index (χ0n) is 16.7. The van der Waals surface area contributed by atoms with Crippen LogP contribution >= 0.6 is 0 Å². The molecule has 0 aliphatic carbocycles. The molecule has 3 aromatic rings. The molecule has 1 aliphatic heterocycles. The Morgan fingerprint density at radius 1 is 1.23 bits per heavy atom. The second-order valence-electron chi connectivity index (χ2n) is 6.99. The predicted octanol–water partition coefficient (Wildman–Crippen LogP) is 1.18. The Morgan fingerprint density at radius 2 is 2.00 bits per heavy atom. The fraction of sp³-hybridized carbons (Fsp3) is 0.368. The van der Waals surface area contributed by atoms with Crippen LogP contribution in [-0.2, 0) is 23.5 Å². The number of amides is 1. The van der Waals surface area contributed by atoms with Crippen LogP contribution in [0.2, 0.25) is 0 Å². The van der Waals surface area contributed by atoms with Crippen molar-refractivity contribution in [1.82, 2.24) is 29.1 Å². The summed E-state index contributed by atoms with van der Waals surface area (Å²) in [4.78, 5) is 18.4. The number of aryl methyl sites for hydroxylation is 2. The highest BCUT2D eigenvalue weighted by Gasteiger charge is 2.34. The summed E-state index contributed by atoms with van der Waals surface area (Å²) in [6.45, 7) is 2.84. The number of piperazine rings is 1. The lowest BCUT2D eigenvalue weighted by Gasteiger charge is -2.33. The fourth-order valence-corrected chi connectivity index (χ4v) is 4.98. The number of carbonyl (C=O) groups excluding carboxylic acids is 1. The van der Waals surface area contributed by atoms with Crippen LogP contribution in [-0.4, -0.2) is 69.6 Å². The molecule has 0 unspecified atom stereocenters. The molecular weight excluding hydrogens is 408 g/mol. The number of hydrogen-bond donors (Lipinski definition) is 0. The van der Waals surface area contributed by atoms with Gasteiger partial charge in [-0.05, 0) is 12.1 Å². The summed E-state index contributed by atoms with van der Waals surface area (Å²) in [7, 11) is -2.10. The maximum atomic E-state index is 13.3. The highest BCUT2D eigenvalue weighted by Crippen LogP contribution is 2.28. The van der Waals surface area contributed by atoms with Gasteiger partial charge in [0.2, 0.25) is 10.0 Å². The summed E-state index contributed by atoms with van der Waals surface area (Å²) in [5, 5.41) is 8.13. The van der Waals surface area contributed by atoms with Gasteiger partial charge in [0.15, 0.2) is 5.69 Å². The smallest absolute Gasteiger partial charge is 0.276 e. The first-order chi connectivity index (χ1) is 14.4. The largest absolute Gasteiger partial charge is 0.361 e. The van der Waals surface area contributed by atoms with Gasteiger partial charge >= 0.3 is 0 Å². The molecule has 1 fully saturated rings. The maximum Gasteiger partial charge on any atom is 0.276 e. The van der Waals surface area contributed by atoms with Crippen LogP contribution < -0.4 is 0 Å². The molecule has 0 spiro atoms. The summed E-state index contributed by atoms with van der Waals surface area (Å²) in [5.41, 5.74) is 1.23. The van der Waals surface area contributed by atoms with Gasteiger partial charge in [-0.25, -0.2) is 8.42 Å². The molecule has 1 amide bonds. The van der Waals surface area contributed by atoms with E-state index in [1.807, 2.05) is 6.92 Å². The Labute approximate surface area is 174 Å². The number of carbonyl (C=O) groups is 1. The van der Waals surface area contributed by atoms with E-state index in [2.05, 4.69) is 15.2 Å². The first kappa shape index (κ1) is 20.2. The van der Waals surface area contributed by atoms with Gasteiger partial charge in [0.1, 0.15) is 16.3 Å². The third-order valence-corrected chi connectivity index (χ3v) is 6.90. The normalized spacial score (nSPS) is 15.5. The van der Waals surface area contributed by atoms with E-state index in [-0.39, 0.29) is 42.7 Å². The summed E-state index contributed by atoms with van der Waals surface area (Å²) >= 11 is 0. The molecule has 4 rings (SSSR count). The quantitative estimate of drug-likeness (QED) is 0.597. The molecule has 0 bridgehead atoms. The Morgan fingerprint density at radius 3 is 2.63 bits per heavy atom. The second kappa shape index (κ2) is 8.00. The molecule has 11 heteroatoms. The monoisotopic (exact) mass is 430 g/mol. The molecule has 1 aliphatic rings. The van der Waals surface area contributed by atoms with Crippen molar-refractivity contribution in [3.63, 3.8) is 0 Å². The Kier molecular flexibility index (Phi) is 5.39. The highest BCUT2D eigenvalue weighted by molar-refractivity contribution is 7.89. The zero-order chi connectivity index (χ0) is 21.3. The van der Waals surface area contributed by atoms with Gasteiger partial charge in [0.25, 0.3) is 5.91 Å². The number of hydrogen-bond acceptors (Lipinski definition) is 7. The molecule has 158 valence electrons. The topological polar surface area (TPSA) is 114 Å². The van der Waals surface area contributed by atoms with Crippen LogP contribution in [0.25, 0.3) is 11.3 Å². The average molecular weight is 430 g/mol. The molecule has 10 nitrogen and oxygen atoms in total. The van der Waals surface area contributed by atoms with E-state index in [0.717, 1.165) is 0 Å². The fourth-order valence-electron chi connectivity index (χ4n) is 3.37. The van der Waals surface area contributed by atoms with Gasteiger partial charge in [0.05, 0.1) is 0 Å². The summed E-state index contributed by atoms with van der Waals surface area (Å²) in [5.74, 6) is 0.381. The molecule has 30 heavy (non-hydrogen) atoms. The number of aromatic nitrogens is 4. The van der Waals surface area contributed by atoms with Crippen LogP contribution in [0.4, 0.5) is 0 Å². The number of rotatable bonds is 5. The molecule has 3 aromatic heterocycles. The lowest BCUT2D eigenvalue weighted by Crippen LogP contribution is -2.50. The lowest BCUT2D eigenvalue weighted by molar-refractivity contribution is 0.0687. The van der Waals surface area contributed by atoms with Gasteiger partial charge < -0.3 is 9.42 Å². The van der Waals surface area contributed by atoms with E-state index in [0.29, 0.717) is 23.4 Å². The van der Waals surface area contributed by atoms with E-state index in [4.69, 9.17) is 4.52 Å². The number of nitrogens with zero attached hydrogens (tertiary/aromatic N) is 6. The minimum absolute atomic E-state index is 0.127. The number of sulfonamides is 1. The lowest BCUT2D eigenvalue weighted by atomic mass is 10.2. The highest BCUT2D eigenvalue weighted by atomic mass is 32.2. The molecule has 0 atom stereocenters. The van der Waals surface area contributed by atoms with E-state index >= 15 is 0 Å². The van der Waals surface area contributed by atoms with Crippen molar-refractivity contribution in [1.29, 1.82) is 0 Å². The van der Waals surface area contributed by atoms with Crippen molar-refractivity contribution in [3.8, 4) is 11.3 Å². The van der Waals surface area contributed by atoms with Gasteiger partial charge in [0, 0.05) is 69.9 Å². The van der Waals surface area contributed by atoms with Crippen LogP contribution in [0, 0.1) is 0 Å². The van der Waals surface area contributed by atoms with E-state index in [9.17, 15) is 13.2 Å². The second-order valence-corrected chi connectivity index (χ2v) is 8.89. The van der Waals surface area contributed by atoms with Crippen LogP contribution in [0.5, 0.6) is 0 Å². The third-order valence-electron chi connectivity index (χ3n) is 5.00. The van der Waals surface area contributed by atoms with E-state index in [1.165, 1.54) is 15.2 Å². The molecular formula is C19H22N6O4S. The summed E-state index contributed by atoms with van der Waals surface area (Å²) in [6, 6.07) is 5.13. The van der Waals surface area contributed by atoms with E-state index < -0.39 is 10.0 Å². The van der Waals surface area contributed by atoms with Gasteiger partial charge in [-0.3, -0.25) is 14.5 Å². The van der Waals surface area contributed by atoms with E-state index in [1.54, 1.807) is 42.5 Å². The standard InChI is InChI=1S/C19H22N6O4S/c1-3-15-11-16(22-29-15)19(26)24-7-9-25(10-8-24)30(27,28)17-13-23(2)21-18(17)14-5-4-6-20-12-14/h4-6,11-13H,3,7-10H2,1-2H3. The van der Waals surface area contributed by atoms with Gasteiger partial charge in [-0.2, -0.15) is 9.40 Å². The molecule has 1 saturated heterocycles. The van der Waals surface area contributed by atoms with Crippen LogP contribution in [0.3, 0.4) is 0 Å². The molecule has 0 saturated carbocycles. The Hall–Kier alpha value is -3.05. The molecule has 4 heterocycles. The minimum atomic E-state index is -3.78. The van der Waals surface area contributed by atoms with Crippen molar-refractivity contribution in [2.24, 2.45) is 7.05 Å². The third kappa shape index (κ3) is 3.73. The average Bonchev–Trinajstić information content (AvgIpc) is 3.41. The summed E-state index contributed by atoms with van der Waals surface area (Å²) < 4.78 is 34.6. The van der Waals surface area contributed by atoms with Crippen LogP contribution in [0.15, 0.2) is 46.2 Å². The van der Waals surface area contributed by atoms with Crippen LogP contribution in [0.1, 0.15) is 23.2 Å². The van der Waals surface area contributed by atoms with Crippen molar-refractivity contribution in [3.05, 3.63) is 48.2 Å². The van der Waals surface area contributed by atoms with Crippen molar-refractivity contribution in [2.45, 2.75) is 18.2 Å².